The minimum absolute atomic E-state index is 0.188. The molecule has 1 saturated carbocycles. The topological polar surface area (TPSA) is 66.9 Å². The number of hydrogen-bond donors (Lipinski definition) is 0. The summed E-state index contributed by atoms with van der Waals surface area (Å²) in [6, 6.07) is 8.30. The Bertz CT molecular complexity index is 723. The van der Waals surface area contributed by atoms with Gasteiger partial charge in [0.15, 0.2) is 0 Å². The standard InChI is InChI=1S/C21H26N2O4/c24-19(14-23-20(25)16-8-2-3-9-17(16)21(23)26)27-13-12-22-11-5-7-15-6-1-4-10-18(15)22/h1,4,6,10,16-17H,2-3,5,7-9,11-14H2. The molecule has 144 valence electrons. The number of hydrogen-bond acceptors (Lipinski definition) is 5. The first kappa shape index (κ1) is 18.0. The van der Waals surface area contributed by atoms with Gasteiger partial charge >= 0.3 is 5.97 Å². The lowest BCUT2D eigenvalue weighted by atomic mass is 9.81. The van der Waals surface area contributed by atoms with Gasteiger partial charge in [-0.05, 0) is 37.3 Å². The maximum atomic E-state index is 12.4. The molecule has 0 bridgehead atoms. The molecule has 2 heterocycles. The van der Waals surface area contributed by atoms with Crippen LogP contribution in [0.25, 0.3) is 0 Å². The first-order chi connectivity index (χ1) is 13.1. The smallest absolute Gasteiger partial charge is 0.326 e. The molecule has 2 atom stereocenters. The molecule has 0 radical (unpaired) electrons. The van der Waals surface area contributed by atoms with Crippen LogP contribution in [0.5, 0.6) is 0 Å². The van der Waals surface area contributed by atoms with Gasteiger partial charge in [0, 0.05) is 12.2 Å². The Labute approximate surface area is 159 Å². The number of imide groups is 1. The number of aryl methyl sites for hydroxylation is 1. The van der Waals surface area contributed by atoms with E-state index in [1.807, 2.05) is 12.1 Å². The predicted octanol–water partition coefficient (Wildman–Crippen LogP) is 2.16. The van der Waals surface area contributed by atoms with Gasteiger partial charge in [-0.15, -0.1) is 0 Å². The summed E-state index contributed by atoms with van der Waals surface area (Å²) < 4.78 is 5.35. The van der Waals surface area contributed by atoms with E-state index < -0.39 is 5.97 Å². The highest BCUT2D eigenvalue weighted by atomic mass is 16.5. The molecule has 2 unspecified atom stereocenters. The zero-order chi connectivity index (χ0) is 18.8. The van der Waals surface area contributed by atoms with Crippen LogP contribution in [0.2, 0.25) is 0 Å². The summed E-state index contributed by atoms with van der Waals surface area (Å²) in [5, 5.41) is 0. The summed E-state index contributed by atoms with van der Waals surface area (Å²) in [7, 11) is 0. The number of nitrogens with zero attached hydrogens (tertiary/aromatic N) is 2. The van der Waals surface area contributed by atoms with Crippen LogP contribution in [-0.4, -0.2) is 48.9 Å². The maximum absolute atomic E-state index is 12.4. The summed E-state index contributed by atoms with van der Waals surface area (Å²) in [6.07, 6.45) is 5.65. The van der Waals surface area contributed by atoms with E-state index in [1.54, 1.807) is 0 Å². The van der Waals surface area contributed by atoms with Crippen LogP contribution in [0.4, 0.5) is 5.69 Å². The summed E-state index contributed by atoms with van der Waals surface area (Å²) >= 11 is 0. The van der Waals surface area contributed by atoms with Crippen molar-refractivity contribution in [2.45, 2.75) is 38.5 Å². The van der Waals surface area contributed by atoms with Crippen LogP contribution >= 0.6 is 0 Å². The van der Waals surface area contributed by atoms with E-state index in [4.69, 9.17) is 4.74 Å². The highest BCUT2D eigenvalue weighted by Gasteiger charge is 2.48. The fourth-order valence-electron chi connectivity index (χ4n) is 4.68. The number of ether oxygens (including phenoxy) is 1. The van der Waals surface area contributed by atoms with Crippen molar-refractivity contribution in [3.05, 3.63) is 29.8 Å². The van der Waals surface area contributed by atoms with Crippen LogP contribution in [0.3, 0.4) is 0 Å². The Hall–Kier alpha value is -2.37. The molecule has 6 nitrogen and oxygen atoms in total. The second-order valence-corrected chi connectivity index (χ2v) is 7.70. The Morgan fingerprint density at radius 2 is 1.74 bits per heavy atom. The number of carbonyl (C=O) groups is 3. The van der Waals surface area contributed by atoms with Gasteiger partial charge in [-0.2, -0.15) is 0 Å². The van der Waals surface area contributed by atoms with Gasteiger partial charge in [-0.1, -0.05) is 31.0 Å². The zero-order valence-corrected chi connectivity index (χ0v) is 15.6. The molecular weight excluding hydrogens is 344 g/mol. The van der Waals surface area contributed by atoms with Gasteiger partial charge in [-0.25, -0.2) is 0 Å². The minimum Gasteiger partial charge on any atom is -0.462 e. The number of anilines is 1. The highest BCUT2D eigenvalue weighted by Crippen LogP contribution is 2.37. The van der Waals surface area contributed by atoms with Crippen LogP contribution in [-0.2, 0) is 25.5 Å². The van der Waals surface area contributed by atoms with E-state index in [2.05, 4.69) is 17.0 Å². The van der Waals surface area contributed by atoms with Crippen molar-refractivity contribution in [1.29, 1.82) is 0 Å². The normalized spacial score (nSPS) is 24.6. The summed E-state index contributed by atoms with van der Waals surface area (Å²) in [6.45, 7) is 1.58. The van der Waals surface area contributed by atoms with Crippen LogP contribution in [0.1, 0.15) is 37.7 Å². The van der Waals surface area contributed by atoms with Gasteiger partial charge in [0.05, 0.1) is 18.4 Å². The van der Waals surface area contributed by atoms with Gasteiger partial charge in [0.2, 0.25) is 11.8 Å². The van der Waals surface area contributed by atoms with E-state index in [1.165, 1.54) is 11.3 Å². The zero-order valence-electron chi connectivity index (χ0n) is 15.6. The van der Waals surface area contributed by atoms with E-state index in [0.29, 0.717) is 6.54 Å². The molecule has 0 spiro atoms. The molecule has 27 heavy (non-hydrogen) atoms. The van der Waals surface area contributed by atoms with Crippen LogP contribution in [0, 0.1) is 11.8 Å². The molecule has 2 fully saturated rings. The second kappa shape index (κ2) is 7.71. The van der Waals surface area contributed by atoms with Crippen molar-refractivity contribution < 1.29 is 19.1 Å². The number of likely N-dealkylation sites (tertiary alicyclic amines) is 1. The van der Waals surface area contributed by atoms with Gasteiger partial charge in [0.25, 0.3) is 0 Å². The molecule has 4 rings (SSSR count). The summed E-state index contributed by atoms with van der Waals surface area (Å²) in [5.74, 6) is -1.31. The third-order valence-electron chi connectivity index (χ3n) is 6.05. The molecule has 6 heteroatoms. The highest BCUT2D eigenvalue weighted by molar-refractivity contribution is 6.07. The lowest BCUT2D eigenvalue weighted by molar-refractivity contribution is -0.152. The quantitative estimate of drug-likeness (QED) is 0.587. The number of amides is 2. The monoisotopic (exact) mass is 370 g/mol. The van der Waals surface area contributed by atoms with Crippen LogP contribution in [0.15, 0.2) is 24.3 Å². The van der Waals surface area contributed by atoms with E-state index in [-0.39, 0.29) is 36.8 Å². The largest absolute Gasteiger partial charge is 0.462 e. The SMILES string of the molecule is O=C(CN1C(=O)C2CCCCC2C1=O)OCCN1CCCc2ccccc21. The average Bonchev–Trinajstić information content (AvgIpc) is 2.93. The van der Waals surface area contributed by atoms with E-state index in [9.17, 15) is 14.4 Å². The fourth-order valence-corrected chi connectivity index (χ4v) is 4.68. The van der Waals surface area contributed by atoms with Crippen molar-refractivity contribution in [3.63, 3.8) is 0 Å². The second-order valence-electron chi connectivity index (χ2n) is 7.70. The maximum Gasteiger partial charge on any atom is 0.326 e. The van der Waals surface area contributed by atoms with Crippen LogP contribution < -0.4 is 4.90 Å². The predicted molar refractivity (Wildman–Crippen MR) is 100 cm³/mol. The average molecular weight is 370 g/mol. The van der Waals surface area contributed by atoms with Crippen molar-refractivity contribution in [1.82, 2.24) is 4.90 Å². The molecule has 1 aromatic carbocycles. The van der Waals surface area contributed by atoms with E-state index >= 15 is 0 Å². The Morgan fingerprint density at radius 1 is 1.04 bits per heavy atom. The minimum atomic E-state index is -0.499. The lowest BCUT2D eigenvalue weighted by Gasteiger charge is -2.31. The molecule has 0 aromatic heterocycles. The van der Waals surface area contributed by atoms with Gasteiger partial charge in [0.1, 0.15) is 13.2 Å². The number of benzene rings is 1. The van der Waals surface area contributed by atoms with Crippen molar-refractivity contribution in [2.75, 3.05) is 31.1 Å². The lowest BCUT2D eigenvalue weighted by Crippen LogP contribution is -2.38. The molecular formula is C21H26N2O4. The third-order valence-corrected chi connectivity index (χ3v) is 6.05. The summed E-state index contributed by atoms with van der Waals surface area (Å²) in [5.41, 5.74) is 2.53. The molecule has 2 aliphatic heterocycles. The number of fused-ring (bicyclic) bond motifs is 2. The fraction of sp³-hybridized carbons (Fsp3) is 0.571. The molecule has 1 aromatic rings. The third kappa shape index (κ3) is 3.57. The Kier molecular flexibility index (Phi) is 5.14. The number of carbonyl (C=O) groups excluding carboxylic acids is 3. The molecule has 2 amide bonds. The first-order valence-electron chi connectivity index (χ1n) is 9.99. The number of esters is 1. The molecule has 3 aliphatic rings. The molecule has 1 aliphatic carbocycles. The van der Waals surface area contributed by atoms with Gasteiger partial charge < -0.3 is 9.64 Å². The number of para-hydroxylation sites is 1. The first-order valence-corrected chi connectivity index (χ1v) is 9.99. The molecule has 0 N–H and O–H groups in total. The van der Waals surface area contributed by atoms with Gasteiger partial charge in [-0.3, -0.25) is 19.3 Å². The van der Waals surface area contributed by atoms with Crippen molar-refractivity contribution >= 4 is 23.5 Å². The van der Waals surface area contributed by atoms with Crippen molar-refractivity contribution in [3.8, 4) is 0 Å². The Morgan fingerprint density at radius 3 is 2.48 bits per heavy atom. The van der Waals surface area contributed by atoms with Crippen molar-refractivity contribution in [2.24, 2.45) is 11.8 Å². The Balaban J connectivity index is 1.28. The number of rotatable bonds is 5. The summed E-state index contributed by atoms with van der Waals surface area (Å²) in [4.78, 5) is 40.4. The molecule has 1 saturated heterocycles. The van der Waals surface area contributed by atoms with E-state index in [0.717, 1.165) is 50.0 Å².